The van der Waals surface area contributed by atoms with Gasteiger partial charge in [0, 0.05) is 32.2 Å². The number of aliphatic hydroxyl groups is 1. The third-order valence-corrected chi connectivity index (χ3v) is 5.11. The molecule has 4 nitrogen and oxygen atoms in total. The lowest BCUT2D eigenvalue weighted by Gasteiger charge is -2.29. The number of rotatable bonds is 7. The number of aliphatic hydroxyl groups excluding tert-OH is 1. The summed E-state index contributed by atoms with van der Waals surface area (Å²) in [5.74, 6) is 0.471. The number of amides is 1. The number of aryl methyl sites for hydroxylation is 1. The molecule has 4 heteroatoms. The summed E-state index contributed by atoms with van der Waals surface area (Å²) in [5, 5.41) is 9.53. The first kappa shape index (κ1) is 18.9. The Morgan fingerprint density at radius 1 is 1.17 bits per heavy atom. The highest BCUT2D eigenvalue weighted by Gasteiger charge is 2.27. The topological polar surface area (TPSA) is 43.8 Å². The second kappa shape index (κ2) is 9.80. The van der Waals surface area contributed by atoms with Crippen LogP contribution in [0.4, 0.5) is 0 Å². The molecule has 0 spiro atoms. The van der Waals surface area contributed by atoms with Crippen molar-refractivity contribution >= 4 is 5.91 Å². The Balaban J connectivity index is 1.80. The molecule has 2 atom stereocenters. The van der Waals surface area contributed by atoms with Crippen molar-refractivity contribution in [3.8, 4) is 0 Å². The van der Waals surface area contributed by atoms with E-state index in [9.17, 15) is 9.90 Å². The minimum Gasteiger partial charge on any atom is -0.396 e. The molecule has 0 unspecified atom stereocenters. The zero-order chi connectivity index (χ0) is 17.4. The van der Waals surface area contributed by atoms with E-state index in [-0.39, 0.29) is 18.4 Å². The molecule has 0 aromatic heterocycles. The van der Waals surface area contributed by atoms with Gasteiger partial charge in [-0.2, -0.15) is 0 Å². The lowest BCUT2D eigenvalue weighted by molar-refractivity contribution is -0.132. The molecule has 0 radical (unpaired) electrons. The number of carbonyl (C=O) groups excluding carboxylic acids is 1. The maximum Gasteiger partial charge on any atom is 0.222 e. The van der Waals surface area contributed by atoms with Crippen LogP contribution < -0.4 is 0 Å². The first-order valence-corrected chi connectivity index (χ1v) is 9.19. The summed E-state index contributed by atoms with van der Waals surface area (Å²) >= 11 is 0. The third kappa shape index (κ3) is 5.91. The number of benzene rings is 1. The van der Waals surface area contributed by atoms with Crippen molar-refractivity contribution in [2.75, 3.05) is 33.8 Å². The van der Waals surface area contributed by atoms with E-state index in [1.165, 1.54) is 5.56 Å². The van der Waals surface area contributed by atoms with Gasteiger partial charge in [0.05, 0.1) is 0 Å². The molecule has 1 fully saturated rings. The summed E-state index contributed by atoms with van der Waals surface area (Å²) in [6, 6.07) is 10.8. The van der Waals surface area contributed by atoms with Crippen molar-refractivity contribution < 1.29 is 9.90 Å². The van der Waals surface area contributed by atoms with Gasteiger partial charge in [-0.25, -0.2) is 0 Å². The molecule has 134 valence electrons. The number of likely N-dealkylation sites (tertiary alicyclic amines) is 1. The number of nitrogens with zero attached hydrogens (tertiary/aromatic N) is 2. The quantitative estimate of drug-likeness (QED) is 0.781. The van der Waals surface area contributed by atoms with Crippen molar-refractivity contribution in [1.29, 1.82) is 0 Å². The summed E-state index contributed by atoms with van der Waals surface area (Å²) < 4.78 is 0. The Hall–Kier alpha value is -1.39. The highest BCUT2D eigenvalue weighted by molar-refractivity contribution is 5.76. The van der Waals surface area contributed by atoms with E-state index in [4.69, 9.17) is 0 Å². The van der Waals surface area contributed by atoms with Gasteiger partial charge >= 0.3 is 0 Å². The molecule has 1 aromatic rings. The van der Waals surface area contributed by atoms with E-state index >= 15 is 0 Å². The molecule has 0 bridgehead atoms. The maximum absolute atomic E-state index is 12.6. The van der Waals surface area contributed by atoms with Gasteiger partial charge in [-0.15, -0.1) is 0 Å². The van der Waals surface area contributed by atoms with Gasteiger partial charge in [-0.1, -0.05) is 30.3 Å². The fraction of sp³-hybridized carbons (Fsp3) is 0.650. The summed E-state index contributed by atoms with van der Waals surface area (Å²) in [6.45, 7) is 1.68. The lowest BCUT2D eigenvalue weighted by Crippen LogP contribution is -2.42. The molecule has 1 aromatic carbocycles. The minimum absolute atomic E-state index is 0.179. The Bertz CT molecular complexity index is 490. The Labute approximate surface area is 146 Å². The van der Waals surface area contributed by atoms with Crippen LogP contribution in [0.2, 0.25) is 0 Å². The fourth-order valence-electron chi connectivity index (χ4n) is 3.43. The van der Waals surface area contributed by atoms with Crippen LogP contribution in [0.1, 0.15) is 37.7 Å². The van der Waals surface area contributed by atoms with Crippen LogP contribution in [0.25, 0.3) is 0 Å². The normalized spacial score (nSPS) is 21.8. The van der Waals surface area contributed by atoms with Crippen LogP contribution in [-0.2, 0) is 11.2 Å². The molecule has 1 aliphatic rings. The molecular weight excluding hydrogens is 300 g/mol. The van der Waals surface area contributed by atoms with Crippen molar-refractivity contribution in [3.63, 3.8) is 0 Å². The first-order valence-electron chi connectivity index (χ1n) is 9.19. The molecule has 1 N–H and O–H groups in total. The highest BCUT2D eigenvalue weighted by atomic mass is 16.3. The van der Waals surface area contributed by atoms with Crippen molar-refractivity contribution in [2.24, 2.45) is 5.92 Å². The smallest absolute Gasteiger partial charge is 0.222 e. The van der Waals surface area contributed by atoms with Crippen LogP contribution in [0.3, 0.4) is 0 Å². The fourth-order valence-corrected chi connectivity index (χ4v) is 3.43. The molecule has 1 aliphatic heterocycles. The standard InChI is InChI=1S/C20H32N2O2/c1-21(2)19-13-12-18(16-23)14-22(15-19)20(24)11-7-6-10-17-8-4-3-5-9-17/h3-5,8-9,18-19,23H,6-7,10-16H2,1-2H3/t18-,19+/m0/s1. The van der Waals surface area contributed by atoms with Crippen LogP contribution in [0, 0.1) is 5.92 Å². The van der Waals surface area contributed by atoms with E-state index in [0.717, 1.165) is 38.6 Å². The lowest BCUT2D eigenvalue weighted by atomic mass is 10.0. The largest absolute Gasteiger partial charge is 0.396 e. The molecular formula is C20H32N2O2. The molecule has 24 heavy (non-hydrogen) atoms. The van der Waals surface area contributed by atoms with Crippen LogP contribution in [0.5, 0.6) is 0 Å². The Kier molecular flexibility index (Phi) is 7.73. The average molecular weight is 332 g/mol. The summed E-state index contributed by atoms with van der Waals surface area (Å²) in [5.41, 5.74) is 1.34. The first-order chi connectivity index (χ1) is 11.6. The van der Waals surface area contributed by atoms with Gasteiger partial charge in [-0.3, -0.25) is 4.79 Å². The second-order valence-electron chi connectivity index (χ2n) is 7.23. The van der Waals surface area contributed by atoms with Crippen molar-refractivity contribution in [3.05, 3.63) is 35.9 Å². The van der Waals surface area contributed by atoms with E-state index < -0.39 is 0 Å². The van der Waals surface area contributed by atoms with Crippen molar-refractivity contribution in [2.45, 2.75) is 44.6 Å². The number of hydrogen-bond acceptors (Lipinski definition) is 3. The van der Waals surface area contributed by atoms with E-state index in [1.54, 1.807) is 0 Å². The van der Waals surface area contributed by atoms with Crippen LogP contribution in [0.15, 0.2) is 30.3 Å². The van der Waals surface area contributed by atoms with E-state index in [2.05, 4.69) is 43.3 Å². The van der Waals surface area contributed by atoms with E-state index in [0.29, 0.717) is 19.0 Å². The zero-order valence-electron chi connectivity index (χ0n) is 15.2. The maximum atomic E-state index is 12.6. The molecule has 2 rings (SSSR count). The van der Waals surface area contributed by atoms with Crippen molar-refractivity contribution in [1.82, 2.24) is 9.80 Å². The Morgan fingerprint density at radius 2 is 1.92 bits per heavy atom. The van der Waals surface area contributed by atoms with Gasteiger partial charge in [0.2, 0.25) is 5.91 Å². The molecule has 0 saturated carbocycles. The highest BCUT2D eigenvalue weighted by Crippen LogP contribution is 2.20. The molecule has 1 heterocycles. The second-order valence-corrected chi connectivity index (χ2v) is 7.23. The third-order valence-electron chi connectivity index (χ3n) is 5.11. The predicted molar refractivity (Wildman–Crippen MR) is 97.9 cm³/mol. The summed E-state index contributed by atoms with van der Waals surface area (Å²) in [7, 11) is 4.15. The Morgan fingerprint density at radius 3 is 2.58 bits per heavy atom. The average Bonchev–Trinajstić information content (AvgIpc) is 2.82. The van der Waals surface area contributed by atoms with Gasteiger partial charge in [-0.05, 0) is 57.7 Å². The van der Waals surface area contributed by atoms with E-state index in [1.807, 2.05) is 11.0 Å². The monoisotopic (exact) mass is 332 g/mol. The summed E-state index contributed by atoms with van der Waals surface area (Å²) in [6.07, 6.45) is 5.68. The van der Waals surface area contributed by atoms with Crippen LogP contribution in [-0.4, -0.2) is 60.6 Å². The molecule has 1 amide bonds. The molecule has 0 aliphatic carbocycles. The number of likely N-dealkylation sites (N-methyl/N-ethyl adjacent to an activating group) is 1. The predicted octanol–water partition coefficient (Wildman–Crippen LogP) is 2.56. The van der Waals surface area contributed by atoms with Gasteiger partial charge in [0.1, 0.15) is 0 Å². The minimum atomic E-state index is 0.179. The van der Waals surface area contributed by atoms with Gasteiger partial charge < -0.3 is 14.9 Å². The zero-order valence-corrected chi connectivity index (χ0v) is 15.2. The number of hydrogen-bond donors (Lipinski definition) is 1. The number of unbranched alkanes of at least 4 members (excludes halogenated alkanes) is 1. The number of carbonyl (C=O) groups is 1. The SMILES string of the molecule is CN(C)[C@@H]1CC[C@H](CO)CN(C(=O)CCCCc2ccccc2)C1. The summed E-state index contributed by atoms with van der Waals surface area (Å²) in [4.78, 5) is 16.8. The molecule has 1 saturated heterocycles. The van der Waals surface area contributed by atoms with Crippen LogP contribution >= 0.6 is 0 Å². The van der Waals surface area contributed by atoms with Gasteiger partial charge in [0.15, 0.2) is 0 Å². The van der Waals surface area contributed by atoms with Gasteiger partial charge in [0.25, 0.3) is 0 Å².